The Balaban J connectivity index is 3.50. The molecule has 0 aliphatic rings. The molecule has 9 heavy (non-hydrogen) atoms. The van der Waals surface area contributed by atoms with Crippen molar-refractivity contribution >= 4 is 0 Å². The summed E-state index contributed by atoms with van der Waals surface area (Å²) in [6, 6.07) is 0. The fraction of sp³-hybridized carbons (Fsp3) is 0.750. The van der Waals surface area contributed by atoms with Gasteiger partial charge in [-0.15, -0.1) is 0 Å². The van der Waals surface area contributed by atoms with Crippen molar-refractivity contribution in [2.24, 2.45) is 0 Å². The van der Waals surface area contributed by atoms with Gasteiger partial charge in [-0.25, -0.2) is 0 Å². The van der Waals surface area contributed by atoms with Crippen LogP contribution in [0.1, 0.15) is 40.0 Å². The lowest BCUT2D eigenvalue weighted by Crippen LogP contribution is -1.82. The van der Waals surface area contributed by atoms with Crippen molar-refractivity contribution in [1.29, 1.82) is 0 Å². The molecule has 0 aliphatic carbocycles. The second kappa shape index (κ2) is 4.42. The second-order valence-corrected chi connectivity index (χ2v) is 2.47. The third-order valence-corrected chi connectivity index (χ3v) is 1.52. The molecule has 54 valence electrons. The summed E-state index contributed by atoms with van der Waals surface area (Å²) >= 11 is 0. The molecule has 1 N–H and O–H groups in total. The molecule has 0 bridgehead atoms. The van der Waals surface area contributed by atoms with E-state index < -0.39 is 0 Å². The Hall–Kier alpha value is -0.460. The van der Waals surface area contributed by atoms with Gasteiger partial charge >= 0.3 is 0 Å². The van der Waals surface area contributed by atoms with Crippen LogP contribution in [0.5, 0.6) is 0 Å². The van der Waals surface area contributed by atoms with E-state index in [1.54, 1.807) is 6.92 Å². The first-order valence-electron chi connectivity index (χ1n) is 3.53. The molecule has 0 saturated heterocycles. The lowest BCUT2D eigenvalue weighted by atomic mass is 10.1. The van der Waals surface area contributed by atoms with Gasteiger partial charge in [-0.1, -0.05) is 13.3 Å². The third-order valence-electron chi connectivity index (χ3n) is 1.52. The molecule has 0 aromatic carbocycles. The van der Waals surface area contributed by atoms with E-state index in [4.69, 9.17) is 5.11 Å². The minimum absolute atomic E-state index is 0.489. The Labute approximate surface area is 57.4 Å². The van der Waals surface area contributed by atoms with Crippen molar-refractivity contribution in [3.05, 3.63) is 11.3 Å². The van der Waals surface area contributed by atoms with Crippen LogP contribution >= 0.6 is 0 Å². The van der Waals surface area contributed by atoms with Crippen LogP contribution in [0.15, 0.2) is 11.3 Å². The number of allylic oxidation sites excluding steroid dienone is 2. The van der Waals surface area contributed by atoms with Crippen molar-refractivity contribution in [1.82, 2.24) is 0 Å². The molecule has 0 aromatic rings. The summed E-state index contributed by atoms with van der Waals surface area (Å²) in [5, 5.41) is 8.93. The highest BCUT2D eigenvalue weighted by Gasteiger charge is 1.91. The SMILES string of the molecule is CCCC/C(C)=C(\C)O. The summed E-state index contributed by atoms with van der Waals surface area (Å²) in [6.45, 7) is 5.87. The number of aliphatic hydroxyl groups is 1. The van der Waals surface area contributed by atoms with Gasteiger partial charge in [0, 0.05) is 0 Å². The maximum Gasteiger partial charge on any atom is 0.0880 e. The minimum atomic E-state index is 0.489. The van der Waals surface area contributed by atoms with Crippen LogP contribution < -0.4 is 0 Å². The number of hydrogen-bond donors (Lipinski definition) is 1. The lowest BCUT2D eigenvalue weighted by Gasteiger charge is -1.99. The molecule has 0 spiro atoms. The molecule has 0 heterocycles. The highest BCUT2D eigenvalue weighted by Crippen LogP contribution is 2.08. The average molecular weight is 128 g/mol. The van der Waals surface area contributed by atoms with E-state index in [0.29, 0.717) is 5.76 Å². The Kier molecular flexibility index (Phi) is 4.20. The van der Waals surface area contributed by atoms with Gasteiger partial charge in [0.15, 0.2) is 0 Å². The molecule has 0 amide bonds. The number of rotatable bonds is 3. The van der Waals surface area contributed by atoms with Crippen LogP contribution in [-0.2, 0) is 0 Å². The summed E-state index contributed by atoms with van der Waals surface area (Å²) < 4.78 is 0. The molecule has 0 radical (unpaired) electrons. The van der Waals surface area contributed by atoms with Crippen LogP contribution in [0.3, 0.4) is 0 Å². The van der Waals surface area contributed by atoms with Gasteiger partial charge in [-0.3, -0.25) is 0 Å². The van der Waals surface area contributed by atoms with Gasteiger partial charge in [0.2, 0.25) is 0 Å². The molecule has 0 atom stereocenters. The Morgan fingerprint density at radius 2 is 1.89 bits per heavy atom. The van der Waals surface area contributed by atoms with Crippen LogP contribution in [-0.4, -0.2) is 5.11 Å². The van der Waals surface area contributed by atoms with Gasteiger partial charge in [-0.05, 0) is 32.3 Å². The highest BCUT2D eigenvalue weighted by molar-refractivity contribution is 5.00. The van der Waals surface area contributed by atoms with E-state index in [9.17, 15) is 0 Å². The third kappa shape index (κ3) is 4.07. The van der Waals surface area contributed by atoms with E-state index in [1.807, 2.05) is 6.92 Å². The molecule has 0 saturated carbocycles. The van der Waals surface area contributed by atoms with Crippen LogP contribution in [0.25, 0.3) is 0 Å². The average Bonchev–Trinajstić information content (AvgIpc) is 1.82. The summed E-state index contributed by atoms with van der Waals surface area (Å²) in [4.78, 5) is 0. The number of hydrogen-bond acceptors (Lipinski definition) is 1. The van der Waals surface area contributed by atoms with E-state index in [-0.39, 0.29) is 0 Å². The highest BCUT2D eigenvalue weighted by atomic mass is 16.3. The van der Waals surface area contributed by atoms with Gasteiger partial charge in [0.05, 0.1) is 5.76 Å². The van der Waals surface area contributed by atoms with E-state index in [2.05, 4.69) is 6.92 Å². The Morgan fingerprint density at radius 1 is 1.33 bits per heavy atom. The zero-order valence-corrected chi connectivity index (χ0v) is 6.57. The van der Waals surface area contributed by atoms with Crippen molar-refractivity contribution < 1.29 is 5.11 Å². The Bertz CT molecular complexity index is 99.1. The number of aliphatic hydroxyl groups excluding tert-OH is 1. The standard InChI is InChI=1S/C8H16O/c1-4-5-6-7(2)8(3)9/h9H,4-6H2,1-3H3/b8-7+. The maximum atomic E-state index is 8.93. The van der Waals surface area contributed by atoms with Crippen LogP contribution in [0, 0.1) is 0 Å². The smallest absolute Gasteiger partial charge is 0.0880 e. The summed E-state index contributed by atoms with van der Waals surface area (Å²) in [5.74, 6) is 0.489. The van der Waals surface area contributed by atoms with Gasteiger partial charge < -0.3 is 5.11 Å². The molecule has 0 unspecified atom stereocenters. The van der Waals surface area contributed by atoms with Gasteiger partial charge in [0.1, 0.15) is 0 Å². The molecule has 0 aromatic heterocycles. The van der Waals surface area contributed by atoms with Crippen LogP contribution in [0.2, 0.25) is 0 Å². The van der Waals surface area contributed by atoms with Crippen molar-refractivity contribution in [2.45, 2.75) is 40.0 Å². The maximum absolute atomic E-state index is 8.93. The summed E-state index contributed by atoms with van der Waals surface area (Å²) in [6.07, 6.45) is 3.42. The predicted molar refractivity (Wildman–Crippen MR) is 40.5 cm³/mol. The van der Waals surface area contributed by atoms with Crippen molar-refractivity contribution in [3.8, 4) is 0 Å². The Morgan fingerprint density at radius 3 is 2.22 bits per heavy atom. The molecular weight excluding hydrogens is 112 g/mol. The monoisotopic (exact) mass is 128 g/mol. The zero-order valence-electron chi connectivity index (χ0n) is 6.57. The second-order valence-electron chi connectivity index (χ2n) is 2.47. The van der Waals surface area contributed by atoms with Crippen LogP contribution in [0.4, 0.5) is 0 Å². The van der Waals surface area contributed by atoms with Crippen molar-refractivity contribution in [2.75, 3.05) is 0 Å². The quantitative estimate of drug-likeness (QED) is 0.579. The first-order chi connectivity index (χ1) is 4.18. The lowest BCUT2D eigenvalue weighted by molar-refractivity contribution is 0.403. The fourth-order valence-electron chi connectivity index (χ4n) is 0.623. The molecule has 0 rings (SSSR count). The van der Waals surface area contributed by atoms with E-state index in [1.165, 1.54) is 12.8 Å². The predicted octanol–water partition coefficient (Wildman–Crippen LogP) is 3.03. The largest absolute Gasteiger partial charge is 0.513 e. The van der Waals surface area contributed by atoms with E-state index in [0.717, 1.165) is 12.0 Å². The normalized spacial score (nSPS) is 13.2. The van der Waals surface area contributed by atoms with Gasteiger partial charge in [-0.2, -0.15) is 0 Å². The minimum Gasteiger partial charge on any atom is -0.513 e. The number of unbranched alkanes of at least 4 members (excludes halogenated alkanes) is 1. The molecule has 1 heteroatoms. The topological polar surface area (TPSA) is 20.2 Å². The first-order valence-corrected chi connectivity index (χ1v) is 3.53. The van der Waals surface area contributed by atoms with E-state index >= 15 is 0 Å². The zero-order chi connectivity index (χ0) is 7.28. The fourth-order valence-corrected chi connectivity index (χ4v) is 0.623. The summed E-state index contributed by atoms with van der Waals surface area (Å²) in [7, 11) is 0. The van der Waals surface area contributed by atoms with Crippen molar-refractivity contribution in [3.63, 3.8) is 0 Å². The molecular formula is C8H16O. The first kappa shape index (κ1) is 8.54. The van der Waals surface area contributed by atoms with Gasteiger partial charge in [0.25, 0.3) is 0 Å². The molecule has 0 fully saturated rings. The molecule has 0 aliphatic heterocycles. The summed E-state index contributed by atoms with van der Waals surface area (Å²) in [5.41, 5.74) is 1.12. The molecule has 1 nitrogen and oxygen atoms in total.